The predicted octanol–water partition coefficient (Wildman–Crippen LogP) is 7.54. The number of amides is 3. The number of carbonyl (C=O) groups is 4. The van der Waals surface area contributed by atoms with Crippen LogP contribution in [0.2, 0.25) is 0 Å². The van der Waals surface area contributed by atoms with Crippen molar-refractivity contribution < 1.29 is 38.3 Å². The minimum absolute atomic E-state index is 0.0241. The van der Waals surface area contributed by atoms with Gasteiger partial charge in [-0.3, -0.25) is 14.9 Å². The Kier molecular flexibility index (Phi) is 16.3. The van der Waals surface area contributed by atoms with Gasteiger partial charge in [-0.1, -0.05) is 62.8 Å². The molecule has 1 saturated heterocycles. The molecule has 13 heteroatoms. The Morgan fingerprint density at radius 3 is 2.36 bits per heavy atom. The number of carbonyl (C=O) groups excluding carboxylic acids is 4. The van der Waals surface area contributed by atoms with E-state index in [1.54, 1.807) is 25.0 Å². The number of likely N-dealkylation sites (tertiary alicyclic amines) is 1. The average Bonchev–Trinajstić information content (AvgIpc) is 3.65. The zero-order chi connectivity index (χ0) is 39.8. The lowest BCUT2D eigenvalue weighted by molar-refractivity contribution is -0.384. The van der Waals surface area contributed by atoms with Crippen molar-refractivity contribution in [2.75, 3.05) is 26.8 Å². The van der Waals surface area contributed by atoms with Gasteiger partial charge >= 0.3 is 18.0 Å². The number of methoxy groups -OCH3 is 1. The molecule has 0 bridgehead atoms. The number of ether oxygens (including phenoxy) is 3. The molecule has 2 fully saturated rings. The molecule has 298 valence electrons. The number of non-ortho nitro benzene ring substituents is 1. The van der Waals surface area contributed by atoms with Gasteiger partial charge in [0.1, 0.15) is 23.4 Å². The molecule has 13 nitrogen and oxygen atoms in total. The second-order valence-electron chi connectivity index (χ2n) is 14.3. The van der Waals surface area contributed by atoms with Gasteiger partial charge in [-0.25, -0.2) is 14.4 Å². The smallest absolute Gasteiger partial charge is 0.338 e. The third-order valence-corrected chi connectivity index (χ3v) is 10.5. The Balaban J connectivity index is 1.68. The Hall–Kier alpha value is -5.20. The first-order valence-electron chi connectivity index (χ1n) is 19.4. The second-order valence-corrected chi connectivity index (χ2v) is 14.3. The summed E-state index contributed by atoms with van der Waals surface area (Å²) in [7, 11) is 1.58. The number of hydrogen-bond donors (Lipinski definition) is 1. The topological polar surface area (TPSA) is 158 Å². The molecule has 4 unspecified atom stereocenters. The molecule has 3 amide bonds. The first-order chi connectivity index (χ1) is 26.6. The van der Waals surface area contributed by atoms with E-state index in [0.717, 1.165) is 50.5 Å². The summed E-state index contributed by atoms with van der Waals surface area (Å²) in [6.45, 7) is 10.3. The Bertz CT molecular complexity index is 1630. The zero-order valence-corrected chi connectivity index (χ0v) is 32.2. The largest absolute Gasteiger partial charge is 0.497 e. The Morgan fingerprint density at radius 1 is 1.00 bits per heavy atom. The van der Waals surface area contributed by atoms with Crippen LogP contribution in [0.1, 0.15) is 99.9 Å². The minimum Gasteiger partial charge on any atom is -0.497 e. The van der Waals surface area contributed by atoms with Crippen molar-refractivity contribution in [1.29, 1.82) is 0 Å². The highest BCUT2D eigenvalue weighted by Gasteiger charge is 2.50. The highest BCUT2D eigenvalue weighted by atomic mass is 16.6. The fourth-order valence-electron chi connectivity index (χ4n) is 7.50. The zero-order valence-electron chi connectivity index (χ0n) is 32.2. The average molecular weight is 761 g/mol. The molecule has 1 aliphatic heterocycles. The van der Waals surface area contributed by atoms with Crippen LogP contribution in [-0.2, 0) is 25.6 Å². The summed E-state index contributed by atoms with van der Waals surface area (Å²) in [6, 6.07) is 11.0. The van der Waals surface area contributed by atoms with Gasteiger partial charge in [0.15, 0.2) is 0 Å². The molecule has 2 aliphatic rings. The van der Waals surface area contributed by atoms with Crippen molar-refractivity contribution in [2.24, 2.45) is 5.92 Å². The molecule has 0 aromatic heterocycles. The molecule has 1 heterocycles. The van der Waals surface area contributed by atoms with Gasteiger partial charge in [0.2, 0.25) is 5.91 Å². The van der Waals surface area contributed by atoms with Crippen LogP contribution in [0.4, 0.5) is 10.5 Å². The van der Waals surface area contributed by atoms with E-state index in [9.17, 15) is 29.3 Å². The summed E-state index contributed by atoms with van der Waals surface area (Å²) >= 11 is 0. The Morgan fingerprint density at radius 2 is 1.71 bits per heavy atom. The van der Waals surface area contributed by atoms with Crippen LogP contribution >= 0.6 is 0 Å². The lowest BCUT2D eigenvalue weighted by Crippen LogP contribution is -2.63. The van der Waals surface area contributed by atoms with E-state index < -0.39 is 52.4 Å². The summed E-state index contributed by atoms with van der Waals surface area (Å²) < 4.78 is 16.8. The summed E-state index contributed by atoms with van der Waals surface area (Å²) in [5, 5.41) is 14.3. The number of nitro groups is 1. The maximum atomic E-state index is 14.7. The first kappa shape index (κ1) is 42.5. The van der Waals surface area contributed by atoms with Crippen LogP contribution in [-0.4, -0.2) is 83.1 Å². The second kappa shape index (κ2) is 21.0. The third kappa shape index (κ3) is 11.4. The third-order valence-electron chi connectivity index (χ3n) is 10.5. The van der Waals surface area contributed by atoms with E-state index in [4.69, 9.17) is 14.2 Å². The lowest BCUT2D eigenvalue weighted by atomic mass is 9.77. The van der Waals surface area contributed by atoms with Crippen LogP contribution in [0.3, 0.4) is 0 Å². The highest BCUT2D eigenvalue weighted by Crippen LogP contribution is 2.35. The molecule has 1 N–H and O–H groups in total. The number of nitrogens with zero attached hydrogens (tertiary/aromatic N) is 3. The number of hydrogen-bond acceptors (Lipinski definition) is 9. The lowest BCUT2D eigenvalue weighted by Gasteiger charge is -2.39. The van der Waals surface area contributed by atoms with Crippen molar-refractivity contribution in [3.05, 3.63) is 95.1 Å². The van der Waals surface area contributed by atoms with Gasteiger partial charge in [-0.05, 0) is 68.9 Å². The van der Waals surface area contributed by atoms with E-state index in [1.165, 1.54) is 29.2 Å². The summed E-state index contributed by atoms with van der Waals surface area (Å²) in [6.07, 6.45) is 11.5. The number of benzene rings is 2. The number of urea groups is 1. The molecule has 1 saturated carbocycles. The first-order valence-corrected chi connectivity index (χ1v) is 19.4. The number of esters is 2. The summed E-state index contributed by atoms with van der Waals surface area (Å²) in [4.78, 5) is 70.4. The normalized spacial score (nSPS) is 21.2. The quantitative estimate of drug-likeness (QED) is 0.0566. The number of allylic oxidation sites excluding steroid dienone is 1. The van der Waals surface area contributed by atoms with E-state index in [-0.39, 0.29) is 37.4 Å². The maximum Gasteiger partial charge on any atom is 0.338 e. The van der Waals surface area contributed by atoms with Gasteiger partial charge in [0.25, 0.3) is 5.69 Å². The van der Waals surface area contributed by atoms with Crippen LogP contribution < -0.4 is 10.1 Å². The molecule has 1 aliphatic carbocycles. The molecule has 0 radical (unpaired) electrons. The van der Waals surface area contributed by atoms with Crippen molar-refractivity contribution in [3.8, 4) is 5.75 Å². The van der Waals surface area contributed by atoms with Gasteiger partial charge in [-0.15, -0.1) is 13.2 Å². The molecule has 55 heavy (non-hydrogen) atoms. The molecule has 4 rings (SSSR count). The molecule has 4 atom stereocenters. The van der Waals surface area contributed by atoms with Gasteiger partial charge in [0.05, 0.1) is 30.7 Å². The van der Waals surface area contributed by atoms with Gasteiger partial charge in [-0.2, -0.15) is 0 Å². The predicted molar refractivity (Wildman–Crippen MR) is 208 cm³/mol. The number of unbranched alkanes of at least 4 members (excludes halogenated alkanes) is 3. The van der Waals surface area contributed by atoms with Crippen LogP contribution in [0.25, 0.3) is 0 Å². The highest BCUT2D eigenvalue weighted by molar-refractivity contribution is 5.94. The molecule has 2 aromatic rings. The number of nitrogens with one attached hydrogen (secondary N) is 1. The van der Waals surface area contributed by atoms with E-state index in [2.05, 4.69) is 18.5 Å². The van der Waals surface area contributed by atoms with E-state index >= 15 is 0 Å². The van der Waals surface area contributed by atoms with Gasteiger partial charge < -0.3 is 29.3 Å². The number of rotatable bonds is 17. The Labute approximate surface area is 324 Å². The molecular weight excluding hydrogens is 704 g/mol. The van der Waals surface area contributed by atoms with Crippen LogP contribution in [0.5, 0.6) is 5.75 Å². The maximum absolute atomic E-state index is 14.7. The van der Waals surface area contributed by atoms with E-state index in [1.807, 2.05) is 30.3 Å². The van der Waals surface area contributed by atoms with Crippen molar-refractivity contribution in [2.45, 2.75) is 108 Å². The van der Waals surface area contributed by atoms with Crippen molar-refractivity contribution in [3.63, 3.8) is 0 Å². The van der Waals surface area contributed by atoms with Crippen LogP contribution in [0, 0.1) is 16.0 Å². The van der Waals surface area contributed by atoms with Crippen LogP contribution in [0.15, 0.2) is 73.8 Å². The fourth-order valence-corrected chi connectivity index (χ4v) is 7.50. The van der Waals surface area contributed by atoms with E-state index in [0.29, 0.717) is 38.0 Å². The molecule has 0 spiro atoms. The monoisotopic (exact) mass is 760 g/mol. The summed E-state index contributed by atoms with van der Waals surface area (Å²) in [5.41, 5.74) is -0.611. The van der Waals surface area contributed by atoms with Crippen molar-refractivity contribution in [1.82, 2.24) is 15.1 Å². The van der Waals surface area contributed by atoms with Crippen molar-refractivity contribution >= 4 is 29.6 Å². The molecular formula is C42H56N4O9. The SMILES string of the molecule is C=CCCCCCN(Cc1ccc(OC)cc1)C(=O)N1CC(OC(=O)c2ccc([N+](=O)[O-])cc2)CC1C(=O)NC1(C(=O)OCC)CCCCCCCC1C=C. The molecule has 2 aromatic carbocycles. The standard InChI is InChI=1S/C42H56N4O9/c1-5-8-9-13-16-27-44(29-31-18-24-35(53-4)25-19-31)41(50)45-30-36(55-39(48)32-20-22-34(23-21-32)46(51)52)28-37(45)38(47)43-42(40(49)54-7-3)26-15-12-10-11-14-17-33(42)6-2/h5-6,18-25,33,36-37H,1-2,7-17,26-30H2,3-4H3,(H,43,47). The van der Waals surface area contributed by atoms with Gasteiger partial charge in [0, 0.05) is 37.6 Å². The summed E-state index contributed by atoms with van der Waals surface area (Å²) in [5.74, 6) is -1.54. The fraction of sp³-hybridized carbons (Fsp3) is 0.524. The number of nitro benzene ring substituents is 1. The minimum atomic E-state index is -1.39.